The summed E-state index contributed by atoms with van der Waals surface area (Å²) >= 11 is 9.06. The highest BCUT2D eigenvalue weighted by Gasteiger charge is 2.18. The summed E-state index contributed by atoms with van der Waals surface area (Å²) in [6, 6.07) is 3.27. The van der Waals surface area contributed by atoms with E-state index in [4.69, 9.17) is 11.6 Å². The molecule has 0 spiro atoms. The SMILES string of the molecule is CC(C)n1cc(Br)cc1C(=O)Nc1c(F)cc(F)cc1Cl. The number of amides is 1. The van der Waals surface area contributed by atoms with E-state index in [1.165, 1.54) is 0 Å². The van der Waals surface area contributed by atoms with Crippen molar-refractivity contribution in [2.45, 2.75) is 19.9 Å². The van der Waals surface area contributed by atoms with Gasteiger partial charge >= 0.3 is 0 Å². The fourth-order valence-corrected chi connectivity index (χ4v) is 2.57. The number of carbonyl (C=O) groups is 1. The zero-order valence-corrected chi connectivity index (χ0v) is 13.6. The lowest BCUT2D eigenvalue weighted by molar-refractivity contribution is 0.101. The molecule has 21 heavy (non-hydrogen) atoms. The molecule has 1 amide bonds. The molecule has 0 radical (unpaired) electrons. The number of aromatic nitrogens is 1. The highest BCUT2D eigenvalue weighted by molar-refractivity contribution is 9.10. The zero-order chi connectivity index (χ0) is 15.7. The van der Waals surface area contributed by atoms with Crippen LogP contribution in [0.5, 0.6) is 0 Å². The normalized spacial score (nSPS) is 11.0. The predicted octanol–water partition coefficient (Wildman–Crippen LogP) is 5.02. The molecule has 112 valence electrons. The number of halogens is 4. The van der Waals surface area contributed by atoms with Gasteiger partial charge in [0.2, 0.25) is 0 Å². The third kappa shape index (κ3) is 3.44. The maximum atomic E-state index is 13.7. The van der Waals surface area contributed by atoms with Crippen molar-refractivity contribution in [1.82, 2.24) is 4.57 Å². The first-order valence-electron chi connectivity index (χ1n) is 6.13. The Bertz CT molecular complexity index is 677. The van der Waals surface area contributed by atoms with Crippen LogP contribution in [0.2, 0.25) is 5.02 Å². The molecule has 0 aliphatic carbocycles. The van der Waals surface area contributed by atoms with Crippen molar-refractivity contribution in [2.24, 2.45) is 0 Å². The molecule has 2 aromatic rings. The van der Waals surface area contributed by atoms with Gasteiger partial charge in [0.1, 0.15) is 11.5 Å². The fraction of sp³-hybridized carbons (Fsp3) is 0.214. The summed E-state index contributed by atoms with van der Waals surface area (Å²) in [7, 11) is 0. The van der Waals surface area contributed by atoms with Gasteiger partial charge in [0, 0.05) is 22.8 Å². The highest BCUT2D eigenvalue weighted by atomic mass is 79.9. The maximum Gasteiger partial charge on any atom is 0.272 e. The smallest absolute Gasteiger partial charge is 0.272 e. The van der Waals surface area contributed by atoms with Crippen LogP contribution in [0.4, 0.5) is 14.5 Å². The molecule has 0 fully saturated rings. The summed E-state index contributed by atoms with van der Waals surface area (Å²) < 4.78 is 29.2. The van der Waals surface area contributed by atoms with E-state index in [1.54, 1.807) is 16.8 Å². The van der Waals surface area contributed by atoms with Gasteiger partial charge in [-0.15, -0.1) is 0 Å². The molecular weight excluding hydrogens is 366 g/mol. The van der Waals surface area contributed by atoms with Gasteiger partial charge in [-0.2, -0.15) is 0 Å². The Morgan fingerprint density at radius 2 is 2.00 bits per heavy atom. The van der Waals surface area contributed by atoms with Crippen LogP contribution >= 0.6 is 27.5 Å². The van der Waals surface area contributed by atoms with Gasteiger partial charge < -0.3 is 9.88 Å². The summed E-state index contributed by atoms with van der Waals surface area (Å²) in [5.41, 5.74) is 0.104. The van der Waals surface area contributed by atoms with E-state index in [0.29, 0.717) is 11.8 Å². The predicted molar refractivity (Wildman–Crippen MR) is 81.8 cm³/mol. The molecule has 0 unspecified atom stereocenters. The number of hydrogen-bond donors (Lipinski definition) is 1. The Labute approximate surface area is 134 Å². The number of carbonyl (C=O) groups excluding carboxylic acids is 1. The van der Waals surface area contributed by atoms with Gasteiger partial charge in [0.05, 0.1) is 10.7 Å². The number of hydrogen-bond acceptors (Lipinski definition) is 1. The first kappa shape index (κ1) is 16.0. The third-order valence-corrected chi connectivity index (χ3v) is 3.58. The lowest BCUT2D eigenvalue weighted by Gasteiger charge is -2.13. The summed E-state index contributed by atoms with van der Waals surface area (Å²) in [6.45, 7) is 3.82. The Morgan fingerprint density at radius 3 is 2.57 bits per heavy atom. The summed E-state index contributed by atoms with van der Waals surface area (Å²) in [5.74, 6) is -2.25. The number of benzene rings is 1. The minimum absolute atomic E-state index is 0.0468. The topological polar surface area (TPSA) is 34.0 Å². The van der Waals surface area contributed by atoms with E-state index in [-0.39, 0.29) is 16.8 Å². The average molecular weight is 378 g/mol. The first-order valence-corrected chi connectivity index (χ1v) is 7.30. The van der Waals surface area contributed by atoms with Gasteiger partial charge in [-0.25, -0.2) is 8.78 Å². The van der Waals surface area contributed by atoms with Crippen molar-refractivity contribution in [3.8, 4) is 0 Å². The zero-order valence-electron chi connectivity index (χ0n) is 11.3. The van der Waals surface area contributed by atoms with Gasteiger partial charge in [0.25, 0.3) is 5.91 Å². The molecule has 1 aromatic heterocycles. The van der Waals surface area contributed by atoms with Crippen LogP contribution in [0.25, 0.3) is 0 Å². The molecule has 0 atom stereocenters. The summed E-state index contributed by atoms with van der Waals surface area (Å²) in [6.07, 6.45) is 1.75. The Hall–Kier alpha value is -1.40. The second kappa shape index (κ2) is 6.15. The lowest BCUT2D eigenvalue weighted by atomic mass is 10.2. The number of nitrogens with zero attached hydrogens (tertiary/aromatic N) is 1. The molecule has 0 saturated carbocycles. The Morgan fingerprint density at radius 1 is 1.33 bits per heavy atom. The first-order chi connectivity index (χ1) is 9.79. The highest BCUT2D eigenvalue weighted by Crippen LogP contribution is 2.28. The molecule has 1 heterocycles. The minimum atomic E-state index is -0.921. The fourth-order valence-electron chi connectivity index (χ4n) is 1.89. The van der Waals surface area contributed by atoms with Gasteiger partial charge in [0.15, 0.2) is 5.82 Å². The monoisotopic (exact) mass is 376 g/mol. The van der Waals surface area contributed by atoms with E-state index < -0.39 is 17.5 Å². The molecule has 2 rings (SSSR count). The van der Waals surface area contributed by atoms with Gasteiger partial charge in [-0.1, -0.05) is 11.6 Å². The van der Waals surface area contributed by atoms with Gasteiger partial charge in [-0.05, 0) is 41.9 Å². The number of nitrogens with one attached hydrogen (secondary N) is 1. The molecular formula is C14H12BrClF2N2O. The van der Waals surface area contributed by atoms with E-state index in [0.717, 1.165) is 10.5 Å². The second-order valence-electron chi connectivity index (χ2n) is 4.74. The minimum Gasteiger partial charge on any atom is -0.340 e. The molecule has 7 heteroatoms. The van der Waals surface area contributed by atoms with Crippen molar-refractivity contribution in [2.75, 3.05) is 5.32 Å². The molecule has 1 N–H and O–H groups in total. The summed E-state index contributed by atoms with van der Waals surface area (Å²) in [5, 5.41) is 2.18. The van der Waals surface area contributed by atoms with Crippen molar-refractivity contribution in [3.05, 3.63) is 51.2 Å². The number of anilines is 1. The Kier molecular flexibility index (Phi) is 4.68. The average Bonchev–Trinajstić information content (AvgIpc) is 2.76. The van der Waals surface area contributed by atoms with Crippen molar-refractivity contribution >= 4 is 39.1 Å². The van der Waals surface area contributed by atoms with Crippen molar-refractivity contribution in [1.29, 1.82) is 0 Å². The van der Waals surface area contributed by atoms with Crippen LogP contribution in [0.3, 0.4) is 0 Å². The standard InChI is InChI=1S/C14H12BrClF2N2O/c1-7(2)20-6-8(15)3-12(20)14(21)19-13-10(16)4-9(17)5-11(13)18/h3-7H,1-2H3,(H,19,21). The molecule has 3 nitrogen and oxygen atoms in total. The van der Waals surface area contributed by atoms with Gasteiger partial charge in [-0.3, -0.25) is 4.79 Å². The van der Waals surface area contributed by atoms with E-state index >= 15 is 0 Å². The second-order valence-corrected chi connectivity index (χ2v) is 6.07. The molecule has 0 aliphatic rings. The van der Waals surface area contributed by atoms with Crippen LogP contribution in [-0.2, 0) is 0 Å². The Balaban J connectivity index is 2.35. The molecule has 0 bridgehead atoms. The van der Waals surface area contributed by atoms with E-state index in [1.807, 2.05) is 13.8 Å². The molecule has 0 aliphatic heterocycles. The van der Waals surface area contributed by atoms with E-state index in [9.17, 15) is 13.6 Å². The quantitative estimate of drug-likeness (QED) is 0.801. The largest absolute Gasteiger partial charge is 0.340 e. The van der Waals surface area contributed by atoms with Crippen LogP contribution in [0, 0.1) is 11.6 Å². The van der Waals surface area contributed by atoms with Crippen LogP contribution < -0.4 is 5.32 Å². The van der Waals surface area contributed by atoms with Crippen LogP contribution in [-0.4, -0.2) is 10.5 Å². The van der Waals surface area contributed by atoms with Crippen LogP contribution in [0.1, 0.15) is 30.4 Å². The van der Waals surface area contributed by atoms with Crippen LogP contribution in [0.15, 0.2) is 28.9 Å². The maximum absolute atomic E-state index is 13.7. The summed E-state index contributed by atoms with van der Waals surface area (Å²) in [4.78, 5) is 12.3. The number of rotatable bonds is 3. The molecule has 1 aromatic carbocycles. The van der Waals surface area contributed by atoms with E-state index in [2.05, 4.69) is 21.2 Å². The van der Waals surface area contributed by atoms with Crippen molar-refractivity contribution in [3.63, 3.8) is 0 Å². The third-order valence-electron chi connectivity index (χ3n) is 2.85. The van der Waals surface area contributed by atoms with Crippen molar-refractivity contribution < 1.29 is 13.6 Å². The lowest BCUT2D eigenvalue weighted by Crippen LogP contribution is -2.18. The molecule has 0 saturated heterocycles.